The Balaban J connectivity index is 1.33. The highest BCUT2D eigenvalue weighted by Crippen LogP contribution is 2.32. The fraction of sp³-hybridized carbons (Fsp3) is 0.154. The van der Waals surface area contributed by atoms with Gasteiger partial charge in [0.2, 0.25) is 6.79 Å². The van der Waals surface area contributed by atoms with Gasteiger partial charge in [0.05, 0.1) is 17.1 Å². The number of nitrogens with zero attached hydrogens (tertiary/aromatic N) is 3. The van der Waals surface area contributed by atoms with Crippen LogP contribution >= 0.6 is 0 Å². The van der Waals surface area contributed by atoms with Crippen molar-refractivity contribution >= 4 is 23.2 Å². The first-order valence-electron chi connectivity index (χ1n) is 11.1. The third-order valence-corrected chi connectivity index (χ3v) is 5.67. The third-order valence-electron chi connectivity index (χ3n) is 5.67. The molecule has 2 N–H and O–H groups in total. The number of rotatable bonds is 5. The molecule has 1 aliphatic heterocycles. The van der Waals surface area contributed by atoms with E-state index in [1.165, 1.54) is 16.9 Å². The summed E-state index contributed by atoms with van der Waals surface area (Å²) < 4.78 is 25.1. The molecule has 5 rings (SSSR count). The number of carbonyl (C=O) groups excluding carboxylic acids is 2. The van der Waals surface area contributed by atoms with Gasteiger partial charge in [-0.3, -0.25) is 9.59 Å². The number of halogens is 1. The van der Waals surface area contributed by atoms with E-state index in [4.69, 9.17) is 9.47 Å². The second-order valence-corrected chi connectivity index (χ2v) is 8.38. The summed E-state index contributed by atoms with van der Waals surface area (Å²) in [5, 5.41) is 13.9. The minimum Gasteiger partial charge on any atom is -0.454 e. The van der Waals surface area contributed by atoms with Crippen LogP contribution < -0.4 is 20.1 Å². The van der Waals surface area contributed by atoms with Gasteiger partial charge in [-0.15, -0.1) is 5.10 Å². The Morgan fingerprint density at radius 2 is 1.69 bits per heavy atom. The lowest BCUT2D eigenvalue weighted by Gasteiger charge is -2.10. The minimum absolute atomic E-state index is 0.0594. The highest BCUT2D eigenvalue weighted by molar-refractivity contribution is 6.06. The van der Waals surface area contributed by atoms with Crippen LogP contribution in [0.3, 0.4) is 0 Å². The van der Waals surface area contributed by atoms with E-state index in [-0.39, 0.29) is 18.2 Å². The minimum atomic E-state index is -0.663. The van der Waals surface area contributed by atoms with Gasteiger partial charge in [-0.05, 0) is 68.8 Å². The van der Waals surface area contributed by atoms with Crippen molar-refractivity contribution in [3.05, 3.63) is 88.5 Å². The van der Waals surface area contributed by atoms with Crippen molar-refractivity contribution in [2.75, 3.05) is 17.4 Å². The van der Waals surface area contributed by atoms with Crippen LogP contribution in [0, 0.1) is 26.6 Å². The van der Waals surface area contributed by atoms with Gasteiger partial charge in [0.15, 0.2) is 17.2 Å². The number of fused-ring (bicyclic) bond motifs is 1. The van der Waals surface area contributed by atoms with E-state index in [9.17, 15) is 14.0 Å². The highest BCUT2D eigenvalue weighted by Gasteiger charge is 2.20. The largest absolute Gasteiger partial charge is 0.454 e. The molecule has 10 heteroatoms. The first-order chi connectivity index (χ1) is 17.3. The molecule has 0 saturated carbocycles. The maximum Gasteiger partial charge on any atom is 0.278 e. The Labute approximate surface area is 205 Å². The molecule has 0 saturated heterocycles. The van der Waals surface area contributed by atoms with Gasteiger partial charge in [0.1, 0.15) is 5.82 Å². The number of anilines is 2. The van der Waals surface area contributed by atoms with E-state index >= 15 is 0 Å². The summed E-state index contributed by atoms with van der Waals surface area (Å²) in [5.41, 5.74) is 3.77. The molecule has 0 fully saturated rings. The smallest absolute Gasteiger partial charge is 0.278 e. The van der Waals surface area contributed by atoms with E-state index in [1.54, 1.807) is 25.1 Å². The van der Waals surface area contributed by atoms with E-state index in [0.29, 0.717) is 28.4 Å². The van der Waals surface area contributed by atoms with Gasteiger partial charge in [-0.2, -0.15) is 9.90 Å². The Hall–Kier alpha value is -4.73. The first kappa shape index (κ1) is 23.0. The van der Waals surface area contributed by atoms with Crippen LogP contribution in [0.25, 0.3) is 5.69 Å². The summed E-state index contributed by atoms with van der Waals surface area (Å²) in [6.07, 6.45) is 0. The Morgan fingerprint density at radius 3 is 2.50 bits per heavy atom. The van der Waals surface area contributed by atoms with E-state index in [2.05, 4.69) is 20.8 Å². The molecule has 0 bridgehead atoms. The average Bonchev–Trinajstić information content (AvgIpc) is 3.47. The second-order valence-electron chi connectivity index (χ2n) is 8.38. The van der Waals surface area contributed by atoms with Gasteiger partial charge < -0.3 is 20.1 Å². The Morgan fingerprint density at radius 1 is 0.889 bits per heavy atom. The molecular formula is C26H22FN5O4. The standard InChI is InChI=1S/C26H22FN5O4/c1-14-4-8-21(15(2)10-14)32-30-16(3)24(31-32)26(34)29-20-12-18(6-7-19(20)27)28-25(33)17-5-9-22-23(11-17)36-13-35-22/h4-12H,13H2,1-3H3,(H,28,33)(H,29,34). The van der Waals surface area contributed by atoms with Crippen LogP contribution in [0.1, 0.15) is 37.7 Å². The van der Waals surface area contributed by atoms with E-state index in [1.807, 2.05) is 32.0 Å². The number of hydrogen-bond donors (Lipinski definition) is 2. The molecule has 36 heavy (non-hydrogen) atoms. The molecule has 0 spiro atoms. The van der Waals surface area contributed by atoms with Crippen LogP contribution in [-0.2, 0) is 0 Å². The summed E-state index contributed by atoms with van der Waals surface area (Å²) in [7, 11) is 0. The van der Waals surface area contributed by atoms with Gasteiger partial charge in [-0.1, -0.05) is 17.7 Å². The lowest BCUT2D eigenvalue weighted by Crippen LogP contribution is -2.16. The average molecular weight is 487 g/mol. The fourth-order valence-electron chi connectivity index (χ4n) is 3.85. The highest BCUT2D eigenvalue weighted by atomic mass is 19.1. The third kappa shape index (κ3) is 4.48. The first-order valence-corrected chi connectivity index (χ1v) is 11.1. The topological polar surface area (TPSA) is 107 Å². The van der Waals surface area contributed by atoms with Crippen molar-refractivity contribution in [3.63, 3.8) is 0 Å². The van der Waals surface area contributed by atoms with Crippen LogP contribution in [0.2, 0.25) is 0 Å². The molecule has 1 aromatic heterocycles. The van der Waals surface area contributed by atoms with Crippen molar-refractivity contribution in [3.8, 4) is 17.2 Å². The predicted octanol–water partition coefficient (Wildman–Crippen LogP) is 4.56. The number of ether oxygens (including phenoxy) is 2. The summed E-state index contributed by atoms with van der Waals surface area (Å²) in [6, 6.07) is 14.5. The molecule has 0 aliphatic carbocycles. The number of aryl methyl sites for hydroxylation is 3. The Kier molecular flexibility index (Phi) is 5.85. The number of hydrogen-bond acceptors (Lipinski definition) is 6. The monoisotopic (exact) mass is 487 g/mol. The van der Waals surface area contributed by atoms with Crippen LogP contribution in [0.5, 0.6) is 11.5 Å². The molecule has 182 valence electrons. The van der Waals surface area contributed by atoms with Crippen molar-refractivity contribution in [1.29, 1.82) is 0 Å². The van der Waals surface area contributed by atoms with Crippen LogP contribution in [0.4, 0.5) is 15.8 Å². The van der Waals surface area contributed by atoms with E-state index in [0.717, 1.165) is 22.9 Å². The second kappa shape index (κ2) is 9.14. The predicted molar refractivity (Wildman–Crippen MR) is 130 cm³/mol. The van der Waals surface area contributed by atoms with Gasteiger partial charge in [0, 0.05) is 11.3 Å². The maximum atomic E-state index is 14.5. The molecule has 1 aliphatic rings. The quantitative estimate of drug-likeness (QED) is 0.427. The molecule has 2 amide bonds. The lowest BCUT2D eigenvalue weighted by molar-refractivity contribution is 0.101. The molecule has 2 heterocycles. The Bertz CT molecular complexity index is 1510. The summed E-state index contributed by atoms with van der Waals surface area (Å²) in [4.78, 5) is 27.0. The van der Waals surface area contributed by atoms with Gasteiger partial charge >= 0.3 is 0 Å². The van der Waals surface area contributed by atoms with Gasteiger partial charge in [-0.25, -0.2) is 4.39 Å². The lowest BCUT2D eigenvalue weighted by atomic mass is 10.1. The normalized spacial score (nSPS) is 11.9. The fourth-order valence-corrected chi connectivity index (χ4v) is 3.85. The molecular weight excluding hydrogens is 465 g/mol. The molecule has 0 unspecified atom stereocenters. The van der Waals surface area contributed by atoms with Crippen molar-refractivity contribution in [1.82, 2.24) is 15.0 Å². The molecule has 0 radical (unpaired) electrons. The number of amides is 2. The summed E-state index contributed by atoms with van der Waals surface area (Å²) in [5.74, 6) is -0.683. The molecule has 9 nitrogen and oxygen atoms in total. The number of aromatic nitrogens is 3. The van der Waals surface area contributed by atoms with E-state index < -0.39 is 17.6 Å². The van der Waals surface area contributed by atoms with Crippen molar-refractivity contribution < 1.29 is 23.5 Å². The molecule has 4 aromatic rings. The van der Waals surface area contributed by atoms with Crippen LogP contribution in [-0.4, -0.2) is 33.6 Å². The summed E-state index contributed by atoms with van der Waals surface area (Å²) in [6.45, 7) is 5.66. The number of carbonyl (C=O) groups is 2. The number of benzene rings is 3. The number of nitrogens with one attached hydrogen (secondary N) is 2. The molecule has 0 atom stereocenters. The summed E-state index contributed by atoms with van der Waals surface area (Å²) >= 11 is 0. The molecule has 3 aromatic carbocycles. The van der Waals surface area contributed by atoms with Crippen molar-refractivity contribution in [2.24, 2.45) is 0 Å². The maximum absolute atomic E-state index is 14.5. The van der Waals surface area contributed by atoms with Crippen LogP contribution in [0.15, 0.2) is 54.6 Å². The van der Waals surface area contributed by atoms with Crippen molar-refractivity contribution in [2.45, 2.75) is 20.8 Å². The van der Waals surface area contributed by atoms with Gasteiger partial charge in [0.25, 0.3) is 11.8 Å². The zero-order valence-corrected chi connectivity index (χ0v) is 19.8. The SMILES string of the molecule is Cc1ccc(-n2nc(C)c(C(=O)Nc3cc(NC(=O)c4ccc5c(c4)OCO5)ccc3F)n2)c(C)c1. The zero-order valence-electron chi connectivity index (χ0n) is 19.8. The zero-order chi connectivity index (χ0) is 25.4.